The number of halogens is 4. The van der Waals surface area contributed by atoms with Crippen LogP contribution in [0.15, 0.2) is 24.4 Å². The SMILES string of the molecule is Fn1cc2cc(C(F)(F)F)ccc2n1. The van der Waals surface area contributed by atoms with E-state index in [0.29, 0.717) is 0 Å². The summed E-state index contributed by atoms with van der Waals surface area (Å²) in [5, 5.41) is 3.45. The number of hydrogen-bond acceptors (Lipinski definition) is 1. The molecule has 0 fully saturated rings. The molecule has 0 aliphatic carbocycles. The van der Waals surface area contributed by atoms with E-state index in [4.69, 9.17) is 0 Å². The van der Waals surface area contributed by atoms with Crippen LogP contribution in [0, 0.1) is 0 Å². The monoisotopic (exact) mass is 204 g/mol. The summed E-state index contributed by atoms with van der Waals surface area (Å²) in [6.45, 7) is 0. The molecule has 0 amide bonds. The van der Waals surface area contributed by atoms with Crippen molar-refractivity contribution in [3.05, 3.63) is 30.0 Å². The molecule has 0 aliphatic heterocycles. The Bertz CT molecular complexity index is 472. The van der Waals surface area contributed by atoms with Crippen molar-refractivity contribution in [1.82, 2.24) is 10.0 Å². The molecule has 0 saturated carbocycles. The van der Waals surface area contributed by atoms with Crippen LogP contribution in [0.3, 0.4) is 0 Å². The Morgan fingerprint density at radius 1 is 1.21 bits per heavy atom. The van der Waals surface area contributed by atoms with Gasteiger partial charge in [0.2, 0.25) is 0 Å². The summed E-state index contributed by atoms with van der Waals surface area (Å²) in [5.74, 6) is 0. The van der Waals surface area contributed by atoms with Gasteiger partial charge in [-0.25, -0.2) is 0 Å². The molecule has 2 aromatic rings. The standard InChI is InChI=1S/C8H4F4N2/c9-8(10,11)6-1-2-7-5(3-6)4-14(12)13-7/h1-4H. The van der Waals surface area contributed by atoms with Gasteiger partial charge in [0, 0.05) is 5.39 Å². The highest BCUT2D eigenvalue weighted by Crippen LogP contribution is 2.30. The van der Waals surface area contributed by atoms with E-state index in [2.05, 4.69) is 5.10 Å². The quantitative estimate of drug-likeness (QED) is 0.603. The molecule has 0 saturated heterocycles. The lowest BCUT2D eigenvalue weighted by molar-refractivity contribution is -0.137. The molecule has 0 unspecified atom stereocenters. The Kier molecular flexibility index (Phi) is 1.73. The molecule has 6 heteroatoms. The number of benzene rings is 1. The molecule has 0 aliphatic rings. The second-order valence-corrected chi connectivity index (χ2v) is 2.79. The number of nitrogens with zero attached hydrogens (tertiary/aromatic N) is 2. The first kappa shape index (κ1) is 8.98. The highest BCUT2D eigenvalue weighted by atomic mass is 19.4. The first-order valence-electron chi connectivity index (χ1n) is 3.69. The fraction of sp³-hybridized carbons (Fsp3) is 0.125. The lowest BCUT2D eigenvalue weighted by Gasteiger charge is -2.04. The Morgan fingerprint density at radius 2 is 1.93 bits per heavy atom. The molecule has 14 heavy (non-hydrogen) atoms. The summed E-state index contributed by atoms with van der Waals surface area (Å²) in [6.07, 6.45) is -3.52. The zero-order chi connectivity index (χ0) is 10.3. The second-order valence-electron chi connectivity index (χ2n) is 2.79. The molecule has 2 rings (SSSR count). The van der Waals surface area contributed by atoms with Gasteiger partial charge in [-0.1, -0.05) is 4.48 Å². The third kappa shape index (κ3) is 1.43. The zero-order valence-electron chi connectivity index (χ0n) is 6.72. The van der Waals surface area contributed by atoms with Crippen LogP contribution in [0.4, 0.5) is 17.7 Å². The maximum absolute atomic E-state index is 12.5. The second kappa shape index (κ2) is 2.70. The van der Waals surface area contributed by atoms with Crippen molar-refractivity contribution in [2.45, 2.75) is 6.18 Å². The van der Waals surface area contributed by atoms with Crippen molar-refractivity contribution in [3.63, 3.8) is 0 Å². The van der Waals surface area contributed by atoms with E-state index in [1.165, 1.54) is 0 Å². The minimum Gasteiger partial charge on any atom is -0.166 e. The predicted molar refractivity (Wildman–Crippen MR) is 41.2 cm³/mol. The topological polar surface area (TPSA) is 17.8 Å². The van der Waals surface area contributed by atoms with Gasteiger partial charge in [-0.3, -0.25) is 0 Å². The van der Waals surface area contributed by atoms with Gasteiger partial charge in [-0.2, -0.15) is 13.2 Å². The molecule has 0 radical (unpaired) electrons. The minimum absolute atomic E-state index is 0.00911. The smallest absolute Gasteiger partial charge is 0.166 e. The molecule has 1 aromatic heterocycles. The molecule has 1 aromatic carbocycles. The van der Waals surface area contributed by atoms with E-state index in [-0.39, 0.29) is 15.8 Å². The average molecular weight is 204 g/mol. The number of hydrogen-bond donors (Lipinski definition) is 0. The Labute approximate surface area is 75.7 Å². The van der Waals surface area contributed by atoms with Gasteiger partial charge in [0.05, 0.1) is 17.3 Å². The van der Waals surface area contributed by atoms with Gasteiger partial charge in [0.15, 0.2) is 0 Å². The van der Waals surface area contributed by atoms with E-state index in [0.717, 1.165) is 24.4 Å². The van der Waals surface area contributed by atoms with Crippen LogP contribution in [0.1, 0.15) is 5.56 Å². The summed E-state index contributed by atoms with van der Waals surface area (Å²) in [6, 6.07) is 2.86. The largest absolute Gasteiger partial charge is 0.416 e. The predicted octanol–water partition coefficient (Wildman–Crippen LogP) is 2.79. The van der Waals surface area contributed by atoms with Gasteiger partial charge < -0.3 is 0 Å². The van der Waals surface area contributed by atoms with E-state index >= 15 is 0 Å². The van der Waals surface area contributed by atoms with Crippen LogP contribution >= 0.6 is 0 Å². The summed E-state index contributed by atoms with van der Waals surface area (Å²) in [4.78, 5) is -0.00911. The molecule has 1 heterocycles. The molecule has 74 valence electrons. The van der Waals surface area contributed by atoms with Crippen molar-refractivity contribution in [2.24, 2.45) is 0 Å². The molecule has 0 N–H and O–H groups in total. The van der Waals surface area contributed by atoms with Crippen molar-refractivity contribution < 1.29 is 17.7 Å². The molecule has 2 nitrogen and oxygen atoms in total. The van der Waals surface area contributed by atoms with Gasteiger partial charge in [-0.05, 0) is 18.2 Å². The third-order valence-corrected chi connectivity index (χ3v) is 1.80. The summed E-state index contributed by atoms with van der Waals surface area (Å²) in [5.41, 5.74) is -0.612. The number of fused-ring (bicyclic) bond motifs is 1. The van der Waals surface area contributed by atoms with E-state index in [1.54, 1.807) is 0 Å². The van der Waals surface area contributed by atoms with Crippen LogP contribution < -0.4 is 0 Å². The number of rotatable bonds is 0. The Balaban J connectivity index is 2.62. The van der Waals surface area contributed by atoms with Crippen molar-refractivity contribution in [2.75, 3.05) is 0 Å². The number of alkyl halides is 3. The summed E-state index contributed by atoms with van der Waals surface area (Å²) < 4.78 is 49.1. The summed E-state index contributed by atoms with van der Waals surface area (Å²) >= 11 is 0. The van der Waals surface area contributed by atoms with E-state index in [1.807, 2.05) is 0 Å². The van der Waals surface area contributed by atoms with Crippen molar-refractivity contribution in [1.29, 1.82) is 0 Å². The highest BCUT2D eigenvalue weighted by molar-refractivity contribution is 5.78. The van der Waals surface area contributed by atoms with E-state index in [9.17, 15) is 17.7 Å². The van der Waals surface area contributed by atoms with Crippen LogP contribution in [0.5, 0.6) is 0 Å². The molecule has 0 spiro atoms. The molecule has 0 atom stereocenters. The van der Waals surface area contributed by atoms with E-state index < -0.39 is 11.7 Å². The third-order valence-electron chi connectivity index (χ3n) is 1.80. The van der Waals surface area contributed by atoms with Crippen LogP contribution in [0.2, 0.25) is 0 Å². The normalized spacial score (nSPS) is 12.3. The maximum Gasteiger partial charge on any atom is 0.416 e. The zero-order valence-corrected chi connectivity index (χ0v) is 6.72. The van der Waals surface area contributed by atoms with Crippen LogP contribution in [-0.4, -0.2) is 10.0 Å². The lowest BCUT2D eigenvalue weighted by atomic mass is 10.1. The minimum atomic E-state index is -4.41. The average Bonchev–Trinajstić information content (AvgIpc) is 2.41. The van der Waals surface area contributed by atoms with Crippen LogP contribution in [-0.2, 0) is 6.18 Å². The van der Waals surface area contributed by atoms with Gasteiger partial charge in [0.25, 0.3) is 0 Å². The maximum atomic E-state index is 12.5. The molecule has 0 bridgehead atoms. The highest BCUT2D eigenvalue weighted by Gasteiger charge is 2.30. The fourth-order valence-corrected chi connectivity index (χ4v) is 1.17. The van der Waals surface area contributed by atoms with Gasteiger partial charge >= 0.3 is 6.18 Å². The van der Waals surface area contributed by atoms with Gasteiger partial charge in [-0.15, -0.1) is 10.0 Å². The van der Waals surface area contributed by atoms with Gasteiger partial charge in [0.1, 0.15) is 0 Å². The molecular formula is C8H4F4N2. The first-order chi connectivity index (χ1) is 6.47. The lowest BCUT2D eigenvalue weighted by Crippen LogP contribution is -2.03. The first-order valence-corrected chi connectivity index (χ1v) is 3.69. The van der Waals surface area contributed by atoms with Crippen molar-refractivity contribution >= 4 is 10.9 Å². The number of aromatic nitrogens is 2. The van der Waals surface area contributed by atoms with Crippen molar-refractivity contribution in [3.8, 4) is 0 Å². The molecular weight excluding hydrogens is 200 g/mol. The van der Waals surface area contributed by atoms with Crippen LogP contribution in [0.25, 0.3) is 10.9 Å². The summed E-state index contributed by atoms with van der Waals surface area (Å²) in [7, 11) is 0. The Morgan fingerprint density at radius 3 is 2.57 bits per heavy atom. The fourth-order valence-electron chi connectivity index (χ4n) is 1.17. The Hall–Kier alpha value is -1.59.